The van der Waals surface area contributed by atoms with Crippen molar-refractivity contribution in [1.29, 1.82) is 0 Å². The summed E-state index contributed by atoms with van der Waals surface area (Å²) in [6.45, 7) is 1.18. The van der Waals surface area contributed by atoms with Crippen LogP contribution in [0.25, 0.3) is 0 Å². The van der Waals surface area contributed by atoms with E-state index < -0.39 is 4.92 Å². The molecule has 0 aliphatic heterocycles. The summed E-state index contributed by atoms with van der Waals surface area (Å²) in [7, 11) is 0. The summed E-state index contributed by atoms with van der Waals surface area (Å²) in [6, 6.07) is 4.42. The van der Waals surface area contributed by atoms with Crippen LogP contribution in [0, 0.1) is 16.0 Å². The van der Waals surface area contributed by atoms with Gasteiger partial charge in [0.05, 0.1) is 11.0 Å². The van der Waals surface area contributed by atoms with Crippen LogP contribution in [0.1, 0.15) is 24.8 Å². The standard InChI is InChI=1S/C13H17ClN2O3/c14-12-5-4-11(16(18)19)6-10(12)8-15-7-9-2-1-3-13(9)17/h4-6,9,13,15,17H,1-3,7-8H2. The molecular weight excluding hydrogens is 268 g/mol. The van der Waals surface area contributed by atoms with Crippen molar-refractivity contribution in [2.75, 3.05) is 6.54 Å². The van der Waals surface area contributed by atoms with Gasteiger partial charge in [0.1, 0.15) is 0 Å². The molecule has 0 saturated heterocycles. The molecule has 0 radical (unpaired) electrons. The zero-order valence-corrected chi connectivity index (χ0v) is 11.3. The maximum atomic E-state index is 10.7. The van der Waals surface area contributed by atoms with Crippen LogP contribution in [0.3, 0.4) is 0 Å². The van der Waals surface area contributed by atoms with Crippen molar-refractivity contribution < 1.29 is 10.0 Å². The fourth-order valence-electron chi connectivity index (χ4n) is 2.46. The van der Waals surface area contributed by atoms with Crippen LogP contribution in [0.2, 0.25) is 5.02 Å². The predicted molar refractivity (Wildman–Crippen MR) is 73.2 cm³/mol. The lowest BCUT2D eigenvalue weighted by atomic mass is 10.1. The average Bonchev–Trinajstić information content (AvgIpc) is 2.77. The number of halogens is 1. The Bertz CT molecular complexity index is 467. The third-order valence-corrected chi connectivity index (χ3v) is 3.95. The second-order valence-electron chi connectivity index (χ2n) is 4.92. The van der Waals surface area contributed by atoms with Gasteiger partial charge in [0.25, 0.3) is 5.69 Å². The number of hydrogen-bond donors (Lipinski definition) is 2. The maximum absolute atomic E-state index is 10.7. The molecule has 0 heterocycles. The van der Waals surface area contributed by atoms with Crippen LogP contribution in [-0.2, 0) is 6.54 Å². The fraction of sp³-hybridized carbons (Fsp3) is 0.538. The summed E-state index contributed by atoms with van der Waals surface area (Å²) >= 11 is 6.01. The molecule has 19 heavy (non-hydrogen) atoms. The molecule has 0 bridgehead atoms. The molecule has 1 aliphatic carbocycles. The number of hydrogen-bond acceptors (Lipinski definition) is 4. The molecule has 0 aromatic heterocycles. The smallest absolute Gasteiger partial charge is 0.269 e. The Kier molecular flexibility index (Phi) is 4.74. The minimum absolute atomic E-state index is 0.0436. The van der Waals surface area contributed by atoms with Gasteiger partial charge in [0.2, 0.25) is 0 Å². The van der Waals surface area contributed by atoms with Crippen molar-refractivity contribution in [3.63, 3.8) is 0 Å². The minimum Gasteiger partial charge on any atom is -0.393 e. The Balaban J connectivity index is 1.91. The van der Waals surface area contributed by atoms with E-state index in [0.29, 0.717) is 23.7 Å². The molecule has 2 N–H and O–H groups in total. The lowest BCUT2D eigenvalue weighted by molar-refractivity contribution is -0.384. The summed E-state index contributed by atoms with van der Waals surface area (Å²) in [6.07, 6.45) is 2.72. The quantitative estimate of drug-likeness (QED) is 0.643. The molecule has 5 nitrogen and oxygen atoms in total. The summed E-state index contributed by atoms with van der Waals surface area (Å²) in [5, 5.41) is 24.1. The SMILES string of the molecule is O=[N+]([O-])c1ccc(Cl)c(CNCC2CCCC2O)c1. The number of nitro groups is 1. The molecule has 1 aromatic carbocycles. The highest BCUT2D eigenvalue weighted by molar-refractivity contribution is 6.31. The number of aliphatic hydroxyl groups excluding tert-OH is 1. The van der Waals surface area contributed by atoms with Crippen LogP contribution in [0.4, 0.5) is 5.69 Å². The van der Waals surface area contributed by atoms with E-state index in [2.05, 4.69) is 5.32 Å². The van der Waals surface area contributed by atoms with Gasteiger partial charge in [-0.15, -0.1) is 0 Å². The van der Waals surface area contributed by atoms with Crippen LogP contribution in [0.15, 0.2) is 18.2 Å². The Morgan fingerprint density at radius 1 is 1.47 bits per heavy atom. The Labute approximate surface area is 116 Å². The topological polar surface area (TPSA) is 75.4 Å². The van der Waals surface area contributed by atoms with Gasteiger partial charge in [-0.3, -0.25) is 10.1 Å². The summed E-state index contributed by atoms with van der Waals surface area (Å²) in [4.78, 5) is 10.3. The van der Waals surface area contributed by atoms with E-state index in [-0.39, 0.29) is 17.7 Å². The first-order chi connectivity index (χ1) is 9.08. The highest BCUT2D eigenvalue weighted by atomic mass is 35.5. The van der Waals surface area contributed by atoms with Crippen molar-refractivity contribution in [3.05, 3.63) is 38.9 Å². The van der Waals surface area contributed by atoms with Gasteiger partial charge in [-0.2, -0.15) is 0 Å². The van der Waals surface area contributed by atoms with Crippen molar-refractivity contribution in [2.45, 2.75) is 31.9 Å². The molecule has 1 saturated carbocycles. The van der Waals surface area contributed by atoms with E-state index in [1.54, 1.807) is 6.07 Å². The largest absolute Gasteiger partial charge is 0.393 e. The van der Waals surface area contributed by atoms with Gasteiger partial charge < -0.3 is 10.4 Å². The molecule has 2 rings (SSSR count). The zero-order chi connectivity index (χ0) is 13.8. The molecule has 1 fully saturated rings. The van der Waals surface area contributed by atoms with Gasteiger partial charge in [-0.05, 0) is 30.4 Å². The first-order valence-electron chi connectivity index (χ1n) is 6.39. The summed E-state index contributed by atoms with van der Waals surface area (Å²) in [5.74, 6) is 0.275. The molecule has 2 atom stereocenters. The van der Waals surface area contributed by atoms with Gasteiger partial charge in [0.15, 0.2) is 0 Å². The summed E-state index contributed by atoms with van der Waals surface area (Å²) in [5.41, 5.74) is 0.755. The number of non-ortho nitro benzene ring substituents is 1. The van der Waals surface area contributed by atoms with Gasteiger partial charge >= 0.3 is 0 Å². The Morgan fingerprint density at radius 3 is 2.89 bits per heavy atom. The lowest BCUT2D eigenvalue weighted by Crippen LogP contribution is -2.27. The fourth-order valence-corrected chi connectivity index (χ4v) is 2.64. The maximum Gasteiger partial charge on any atom is 0.269 e. The third-order valence-electron chi connectivity index (χ3n) is 3.58. The van der Waals surface area contributed by atoms with E-state index in [0.717, 1.165) is 19.3 Å². The Hall–Kier alpha value is -1.17. The van der Waals surface area contributed by atoms with Gasteiger partial charge in [0, 0.05) is 30.2 Å². The number of rotatable bonds is 5. The van der Waals surface area contributed by atoms with Crippen LogP contribution >= 0.6 is 11.6 Å². The number of benzene rings is 1. The highest BCUT2D eigenvalue weighted by Gasteiger charge is 2.24. The second kappa shape index (κ2) is 6.32. The predicted octanol–water partition coefficient (Wildman–Crippen LogP) is 2.50. The van der Waals surface area contributed by atoms with E-state index in [1.165, 1.54) is 12.1 Å². The van der Waals surface area contributed by atoms with Crippen LogP contribution < -0.4 is 5.32 Å². The highest BCUT2D eigenvalue weighted by Crippen LogP contribution is 2.25. The van der Waals surface area contributed by atoms with Crippen molar-refractivity contribution in [1.82, 2.24) is 5.32 Å². The number of nitrogens with zero attached hydrogens (tertiary/aromatic N) is 1. The lowest BCUT2D eigenvalue weighted by Gasteiger charge is -2.15. The molecule has 6 heteroatoms. The normalized spacial score (nSPS) is 22.6. The molecular formula is C13H17ClN2O3. The van der Waals surface area contributed by atoms with Crippen molar-refractivity contribution in [3.8, 4) is 0 Å². The van der Waals surface area contributed by atoms with E-state index in [4.69, 9.17) is 11.6 Å². The molecule has 1 aliphatic rings. The van der Waals surface area contributed by atoms with Gasteiger partial charge in [-0.1, -0.05) is 18.0 Å². The monoisotopic (exact) mass is 284 g/mol. The van der Waals surface area contributed by atoms with Crippen LogP contribution in [-0.4, -0.2) is 22.7 Å². The summed E-state index contributed by atoms with van der Waals surface area (Å²) < 4.78 is 0. The number of nitro benzene ring substituents is 1. The average molecular weight is 285 g/mol. The second-order valence-corrected chi connectivity index (χ2v) is 5.33. The van der Waals surface area contributed by atoms with Crippen LogP contribution in [0.5, 0.6) is 0 Å². The number of aliphatic hydroxyl groups is 1. The first kappa shape index (κ1) is 14.2. The number of nitrogens with one attached hydrogen (secondary N) is 1. The first-order valence-corrected chi connectivity index (χ1v) is 6.77. The van der Waals surface area contributed by atoms with E-state index >= 15 is 0 Å². The minimum atomic E-state index is -0.430. The molecule has 2 unspecified atom stereocenters. The Morgan fingerprint density at radius 2 is 2.26 bits per heavy atom. The molecule has 0 spiro atoms. The van der Waals surface area contributed by atoms with Crippen molar-refractivity contribution in [2.24, 2.45) is 5.92 Å². The van der Waals surface area contributed by atoms with E-state index in [1.807, 2.05) is 0 Å². The van der Waals surface area contributed by atoms with Gasteiger partial charge in [-0.25, -0.2) is 0 Å². The molecule has 0 amide bonds. The van der Waals surface area contributed by atoms with Crippen molar-refractivity contribution >= 4 is 17.3 Å². The third kappa shape index (κ3) is 3.65. The zero-order valence-electron chi connectivity index (χ0n) is 10.5. The van der Waals surface area contributed by atoms with E-state index in [9.17, 15) is 15.2 Å². The molecule has 1 aromatic rings. The molecule has 104 valence electrons.